The zero-order chi connectivity index (χ0) is 27.1. The molecule has 0 bridgehead atoms. The van der Waals surface area contributed by atoms with Crippen LogP contribution in [-0.2, 0) is 16.6 Å². The zero-order valence-corrected chi connectivity index (χ0v) is 22.7. The molecule has 1 aromatic carbocycles. The van der Waals surface area contributed by atoms with Gasteiger partial charge in [-0.25, -0.2) is 9.97 Å². The normalized spacial score (nSPS) is 17.5. The lowest BCUT2D eigenvalue weighted by atomic mass is 9.83. The molecule has 1 fully saturated rings. The maximum atomic E-state index is 13.1. The van der Waals surface area contributed by atoms with Crippen molar-refractivity contribution in [3.8, 4) is 11.3 Å². The summed E-state index contributed by atoms with van der Waals surface area (Å²) in [6.45, 7) is 11.3. The molecule has 0 unspecified atom stereocenters. The van der Waals surface area contributed by atoms with Crippen molar-refractivity contribution in [3.05, 3.63) is 53.4 Å². The van der Waals surface area contributed by atoms with Crippen LogP contribution in [0.2, 0.25) is 0 Å². The van der Waals surface area contributed by atoms with Gasteiger partial charge in [0, 0.05) is 48.4 Å². The molecule has 1 aliphatic carbocycles. The number of fused-ring (bicyclic) bond motifs is 1. The van der Waals surface area contributed by atoms with Gasteiger partial charge in [-0.15, -0.1) is 0 Å². The number of carbonyl (C=O) groups is 2. The van der Waals surface area contributed by atoms with E-state index in [0.717, 1.165) is 89.9 Å². The van der Waals surface area contributed by atoms with E-state index in [4.69, 9.17) is 5.73 Å². The minimum atomic E-state index is -0.199. The van der Waals surface area contributed by atoms with Crippen LogP contribution in [0.1, 0.15) is 55.7 Å². The van der Waals surface area contributed by atoms with Crippen molar-refractivity contribution in [2.24, 2.45) is 13.0 Å². The van der Waals surface area contributed by atoms with Gasteiger partial charge < -0.3 is 20.5 Å². The van der Waals surface area contributed by atoms with Gasteiger partial charge in [0.1, 0.15) is 17.8 Å². The highest BCUT2D eigenvalue weighted by molar-refractivity contribution is 6.06. The summed E-state index contributed by atoms with van der Waals surface area (Å²) in [6.07, 6.45) is 8.25. The Balaban J connectivity index is 1.60. The number of nitrogens with one attached hydrogen (secondary N) is 1. The molecular formula is C30H36N6O2. The van der Waals surface area contributed by atoms with E-state index in [-0.39, 0.29) is 17.7 Å². The second-order valence-electron chi connectivity index (χ2n) is 10.7. The van der Waals surface area contributed by atoms with Crippen molar-refractivity contribution in [2.75, 3.05) is 24.1 Å². The third kappa shape index (κ3) is 4.48. The molecule has 8 nitrogen and oxygen atoms in total. The van der Waals surface area contributed by atoms with Crippen molar-refractivity contribution in [3.63, 3.8) is 0 Å². The number of hydrogen-bond acceptors (Lipinski definition) is 5. The summed E-state index contributed by atoms with van der Waals surface area (Å²) in [5.41, 5.74) is 14.8. The molecule has 1 aliphatic heterocycles. The molecule has 0 saturated carbocycles. The summed E-state index contributed by atoms with van der Waals surface area (Å²) in [7, 11) is 2.01. The highest BCUT2D eigenvalue weighted by Crippen LogP contribution is 2.45. The van der Waals surface area contributed by atoms with Crippen LogP contribution in [0.3, 0.4) is 0 Å². The monoisotopic (exact) mass is 512 g/mol. The second kappa shape index (κ2) is 10.1. The van der Waals surface area contributed by atoms with E-state index in [9.17, 15) is 9.59 Å². The van der Waals surface area contributed by atoms with Crippen LogP contribution in [0.5, 0.6) is 0 Å². The number of rotatable bonds is 5. The van der Waals surface area contributed by atoms with Crippen LogP contribution in [0.4, 0.5) is 11.5 Å². The Hall–Kier alpha value is -3.94. The van der Waals surface area contributed by atoms with Gasteiger partial charge in [0.25, 0.3) is 5.91 Å². The average Bonchev–Trinajstić information content (AvgIpc) is 3.52. The molecule has 1 atom stereocenters. The molecule has 198 valence electrons. The van der Waals surface area contributed by atoms with Crippen LogP contribution < -0.4 is 11.1 Å². The van der Waals surface area contributed by atoms with Crippen LogP contribution in [0.15, 0.2) is 36.7 Å². The van der Waals surface area contributed by atoms with Crippen LogP contribution in [0, 0.1) is 19.8 Å². The van der Waals surface area contributed by atoms with Crippen molar-refractivity contribution in [1.29, 1.82) is 0 Å². The minimum Gasteiger partial charge on any atom is -0.383 e. The van der Waals surface area contributed by atoms with Gasteiger partial charge in [-0.05, 0) is 81.7 Å². The summed E-state index contributed by atoms with van der Waals surface area (Å²) >= 11 is 0. The van der Waals surface area contributed by atoms with E-state index in [1.807, 2.05) is 24.1 Å². The summed E-state index contributed by atoms with van der Waals surface area (Å²) < 4.78 is 2.09. The van der Waals surface area contributed by atoms with E-state index in [1.54, 1.807) is 6.92 Å². The number of nitrogens with zero attached hydrogens (tertiary/aromatic N) is 4. The maximum Gasteiger partial charge on any atom is 0.250 e. The topological polar surface area (TPSA) is 106 Å². The highest BCUT2D eigenvalue weighted by atomic mass is 16.2. The number of hydrogen-bond donors (Lipinski definition) is 2. The Morgan fingerprint density at radius 1 is 1.11 bits per heavy atom. The molecule has 2 aliphatic rings. The predicted molar refractivity (Wildman–Crippen MR) is 152 cm³/mol. The Bertz CT molecular complexity index is 1470. The molecule has 8 heteroatoms. The number of aromatic nitrogens is 3. The molecule has 3 heterocycles. The van der Waals surface area contributed by atoms with Gasteiger partial charge in [0.15, 0.2) is 0 Å². The maximum absolute atomic E-state index is 13.1. The minimum absolute atomic E-state index is 0.0311. The molecule has 38 heavy (non-hydrogen) atoms. The fraction of sp³-hybridized carbons (Fsp3) is 0.400. The van der Waals surface area contributed by atoms with E-state index in [2.05, 4.69) is 46.4 Å². The van der Waals surface area contributed by atoms with E-state index in [1.165, 1.54) is 11.9 Å². The first-order valence-electron chi connectivity index (χ1n) is 13.3. The number of allylic oxidation sites excluding steroid dienone is 2. The van der Waals surface area contributed by atoms with Crippen molar-refractivity contribution in [2.45, 2.75) is 52.9 Å². The largest absolute Gasteiger partial charge is 0.383 e. The number of amides is 2. The molecule has 5 rings (SSSR count). The van der Waals surface area contributed by atoms with Gasteiger partial charge >= 0.3 is 0 Å². The second-order valence-corrected chi connectivity index (χ2v) is 10.7. The fourth-order valence-electron chi connectivity index (χ4n) is 6.01. The zero-order valence-electron chi connectivity index (χ0n) is 22.7. The molecule has 0 spiro atoms. The van der Waals surface area contributed by atoms with Gasteiger partial charge in [0.05, 0.1) is 11.1 Å². The van der Waals surface area contributed by atoms with E-state index >= 15 is 0 Å². The Morgan fingerprint density at radius 2 is 1.79 bits per heavy atom. The van der Waals surface area contributed by atoms with Gasteiger partial charge in [-0.2, -0.15) is 0 Å². The number of likely N-dealkylation sites (tertiary alicyclic amines) is 1. The van der Waals surface area contributed by atoms with Crippen LogP contribution in [-0.4, -0.2) is 44.3 Å². The number of nitrogen functional groups attached to an aromatic ring is 1. The quantitative estimate of drug-likeness (QED) is 0.460. The first kappa shape index (κ1) is 25.7. The third-order valence-corrected chi connectivity index (χ3v) is 7.91. The van der Waals surface area contributed by atoms with Crippen molar-refractivity contribution < 1.29 is 9.59 Å². The van der Waals surface area contributed by atoms with Gasteiger partial charge in [0.2, 0.25) is 5.91 Å². The van der Waals surface area contributed by atoms with E-state index in [0.29, 0.717) is 11.4 Å². The molecule has 2 amide bonds. The predicted octanol–water partition coefficient (Wildman–Crippen LogP) is 5.15. The highest BCUT2D eigenvalue weighted by Gasteiger charge is 2.31. The number of benzene rings is 1. The van der Waals surface area contributed by atoms with Gasteiger partial charge in [-0.1, -0.05) is 12.7 Å². The lowest BCUT2D eigenvalue weighted by Crippen LogP contribution is -2.34. The summed E-state index contributed by atoms with van der Waals surface area (Å²) in [5.74, 6) is 0.570. The van der Waals surface area contributed by atoms with Gasteiger partial charge in [-0.3, -0.25) is 9.59 Å². The first-order valence-corrected chi connectivity index (χ1v) is 13.3. The molecule has 2 aromatic heterocycles. The Labute approximate surface area is 223 Å². The summed E-state index contributed by atoms with van der Waals surface area (Å²) in [4.78, 5) is 36.2. The third-order valence-electron chi connectivity index (χ3n) is 7.91. The molecular weight excluding hydrogens is 476 g/mol. The standard InChI is InChI=1S/C30H36N6O2/c1-17(2)29(37)34-22-14-18(3)23(19(4)15-22)26-24(25-27(31)32-16-33-28(25)35(26)5)20-8-10-21(11-9-20)30(38)36-12-6-7-13-36/h8,14-16,21H,1,6-7,9-13H2,2-5H3,(H,34,37)(H2,31,32,33)/t21-/m0/s1. The smallest absolute Gasteiger partial charge is 0.250 e. The van der Waals surface area contributed by atoms with E-state index < -0.39 is 0 Å². The summed E-state index contributed by atoms with van der Waals surface area (Å²) in [6, 6.07) is 3.97. The fourth-order valence-corrected chi connectivity index (χ4v) is 6.01. The molecule has 3 N–H and O–H groups in total. The molecule has 0 radical (unpaired) electrons. The number of carbonyl (C=O) groups excluding carboxylic acids is 2. The SMILES string of the molecule is C=C(C)C(=O)Nc1cc(C)c(-c2c(C3=CC[C@H](C(=O)N4CCCC4)CC3)c3c(N)ncnc3n2C)c(C)c1. The number of aryl methyl sites for hydroxylation is 3. The van der Waals surface area contributed by atoms with Crippen molar-refractivity contribution in [1.82, 2.24) is 19.4 Å². The summed E-state index contributed by atoms with van der Waals surface area (Å²) in [5, 5.41) is 3.78. The lowest BCUT2D eigenvalue weighted by molar-refractivity contribution is -0.134. The number of nitrogens with two attached hydrogens (primary N) is 1. The van der Waals surface area contributed by atoms with Crippen LogP contribution in [0.25, 0.3) is 27.9 Å². The molecule has 1 saturated heterocycles. The Morgan fingerprint density at radius 3 is 2.39 bits per heavy atom. The molecule has 3 aromatic rings. The first-order chi connectivity index (χ1) is 18.2. The average molecular weight is 513 g/mol. The number of anilines is 2. The lowest BCUT2D eigenvalue weighted by Gasteiger charge is -2.26. The Kier molecular flexibility index (Phi) is 6.82. The van der Waals surface area contributed by atoms with Crippen molar-refractivity contribution >= 4 is 39.9 Å². The van der Waals surface area contributed by atoms with Crippen LogP contribution >= 0.6 is 0 Å².